The van der Waals surface area contributed by atoms with Crippen LogP contribution in [0, 0.1) is 0 Å². The van der Waals surface area contributed by atoms with Gasteiger partial charge in [0.25, 0.3) is 0 Å². The summed E-state index contributed by atoms with van der Waals surface area (Å²) in [4.78, 5) is 13.7. The zero-order valence-corrected chi connectivity index (χ0v) is 13.7. The Morgan fingerprint density at radius 3 is 2.54 bits per heavy atom. The molecule has 8 heteroatoms. The van der Waals surface area contributed by atoms with Gasteiger partial charge in [-0.05, 0) is 32.9 Å². The summed E-state index contributed by atoms with van der Waals surface area (Å²) in [7, 11) is 0. The highest BCUT2D eigenvalue weighted by Crippen LogP contribution is 2.37. The summed E-state index contributed by atoms with van der Waals surface area (Å²) in [5.74, 6) is -0.533. The third kappa shape index (κ3) is 4.31. The van der Waals surface area contributed by atoms with Crippen LogP contribution in [0.2, 0.25) is 0 Å². The van der Waals surface area contributed by atoms with Gasteiger partial charge in [0.1, 0.15) is 11.4 Å². The molecule has 1 unspecified atom stereocenters. The number of hydrogen-bond acceptors (Lipinski definition) is 4. The highest BCUT2D eigenvalue weighted by atomic mass is 19.4. The number of phenolic OH excluding ortho intramolecular Hbond substituents is 1. The van der Waals surface area contributed by atoms with Crippen molar-refractivity contribution in [2.75, 3.05) is 19.8 Å². The van der Waals surface area contributed by atoms with E-state index in [0.717, 1.165) is 12.1 Å². The fourth-order valence-electron chi connectivity index (χ4n) is 2.40. The number of ether oxygens (including phenoxy) is 2. The molecule has 1 atom stereocenters. The van der Waals surface area contributed by atoms with E-state index in [-0.39, 0.29) is 25.3 Å². The van der Waals surface area contributed by atoms with Crippen LogP contribution in [0.1, 0.15) is 37.9 Å². The molecule has 5 nitrogen and oxygen atoms in total. The van der Waals surface area contributed by atoms with Crippen molar-refractivity contribution in [1.82, 2.24) is 4.90 Å². The highest BCUT2D eigenvalue weighted by molar-refractivity contribution is 5.69. The molecule has 1 aliphatic heterocycles. The van der Waals surface area contributed by atoms with E-state index in [0.29, 0.717) is 6.07 Å². The molecule has 0 aromatic heterocycles. The molecule has 2 rings (SSSR count). The third-order valence-corrected chi connectivity index (χ3v) is 3.47. The van der Waals surface area contributed by atoms with E-state index in [4.69, 9.17) is 9.47 Å². The second-order valence-electron chi connectivity index (χ2n) is 6.54. The molecule has 1 aliphatic rings. The maximum Gasteiger partial charge on any atom is 0.416 e. The molecule has 134 valence electrons. The first-order valence-electron chi connectivity index (χ1n) is 7.46. The van der Waals surface area contributed by atoms with E-state index in [2.05, 4.69) is 0 Å². The minimum atomic E-state index is -4.55. The smallest absolute Gasteiger partial charge is 0.416 e. The first kappa shape index (κ1) is 18.4. The number of benzene rings is 1. The van der Waals surface area contributed by atoms with Crippen LogP contribution in [0.3, 0.4) is 0 Å². The van der Waals surface area contributed by atoms with E-state index in [1.807, 2.05) is 0 Å². The molecule has 0 spiro atoms. The maximum atomic E-state index is 12.7. The average molecular weight is 347 g/mol. The van der Waals surface area contributed by atoms with Crippen LogP contribution >= 0.6 is 0 Å². The number of amides is 1. The first-order valence-corrected chi connectivity index (χ1v) is 7.46. The van der Waals surface area contributed by atoms with E-state index >= 15 is 0 Å². The Kier molecular flexibility index (Phi) is 4.98. The van der Waals surface area contributed by atoms with E-state index in [9.17, 15) is 23.1 Å². The minimum absolute atomic E-state index is 0.0676. The SMILES string of the molecule is CC(C)(C)OC(=O)N1CCOCC1c1ccc(C(F)(F)F)cc1O. The molecular formula is C16H20F3NO4. The third-order valence-electron chi connectivity index (χ3n) is 3.47. The summed E-state index contributed by atoms with van der Waals surface area (Å²) in [5, 5.41) is 10.0. The Morgan fingerprint density at radius 2 is 2.00 bits per heavy atom. The summed E-state index contributed by atoms with van der Waals surface area (Å²) >= 11 is 0. The van der Waals surface area contributed by atoms with Crippen LogP contribution in [0.5, 0.6) is 5.75 Å². The normalized spacial score (nSPS) is 19.2. The summed E-state index contributed by atoms with van der Waals surface area (Å²) < 4.78 is 48.8. The number of phenols is 1. The maximum absolute atomic E-state index is 12.7. The van der Waals surface area contributed by atoms with Gasteiger partial charge in [0, 0.05) is 12.1 Å². The fourth-order valence-corrected chi connectivity index (χ4v) is 2.40. The predicted octanol–water partition coefficient (Wildman–Crippen LogP) is 3.72. The average Bonchev–Trinajstić information content (AvgIpc) is 2.44. The topological polar surface area (TPSA) is 59.0 Å². The van der Waals surface area contributed by atoms with Gasteiger partial charge in [-0.2, -0.15) is 13.2 Å². The summed E-state index contributed by atoms with van der Waals surface area (Å²) in [6.07, 6.45) is -5.15. The summed E-state index contributed by atoms with van der Waals surface area (Å²) in [6.45, 7) is 5.73. The van der Waals surface area contributed by atoms with E-state index in [1.165, 1.54) is 4.90 Å². The van der Waals surface area contributed by atoms with Crippen LogP contribution in [-0.2, 0) is 15.7 Å². The lowest BCUT2D eigenvalue weighted by molar-refractivity contribution is -0.137. The molecule has 0 radical (unpaired) electrons. The second-order valence-corrected chi connectivity index (χ2v) is 6.54. The van der Waals surface area contributed by atoms with Crippen LogP contribution < -0.4 is 0 Å². The number of carbonyl (C=O) groups excluding carboxylic acids is 1. The molecule has 1 amide bonds. The molecule has 1 heterocycles. The van der Waals surface area contributed by atoms with Crippen LogP contribution in [0.15, 0.2) is 18.2 Å². The molecule has 0 saturated carbocycles. The Hall–Kier alpha value is -1.96. The summed E-state index contributed by atoms with van der Waals surface area (Å²) in [5.41, 5.74) is -1.47. The van der Waals surface area contributed by atoms with Crippen molar-refractivity contribution in [3.05, 3.63) is 29.3 Å². The number of halogens is 3. The summed E-state index contributed by atoms with van der Waals surface area (Å²) in [6, 6.07) is 1.97. The van der Waals surface area contributed by atoms with Crippen molar-refractivity contribution in [3.63, 3.8) is 0 Å². The van der Waals surface area contributed by atoms with Crippen molar-refractivity contribution in [3.8, 4) is 5.75 Å². The second kappa shape index (κ2) is 6.51. The molecule has 1 aromatic carbocycles. The molecule has 1 fully saturated rings. The van der Waals surface area contributed by atoms with E-state index < -0.39 is 35.2 Å². The van der Waals surface area contributed by atoms with Crippen LogP contribution in [-0.4, -0.2) is 41.5 Å². The zero-order valence-electron chi connectivity index (χ0n) is 13.7. The lowest BCUT2D eigenvalue weighted by atomic mass is 10.0. The molecule has 24 heavy (non-hydrogen) atoms. The zero-order chi connectivity index (χ0) is 18.1. The van der Waals surface area contributed by atoms with E-state index in [1.54, 1.807) is 20.8 Å². The van der Waals surface area contributed by atoms with Gasteiger partial charge in [0.15, 0.2) is 0 Å². The predicted molar refractivity (Wildman–Crippen MR) is 79.6 cm³/mol. The van der Waals surface area contributed by atoms with Crippen molar-refractivity contribution in [1.29, 1.82) is 0 Å². The van der Waals surface area contributed by atoms with Crippen LogP contribution in [0.25, 0.3) is 0 Å². The highest BCUT2D eigenvalue weighted by Gasteiger charge is 2.35. The number of hydrogen-bond donors (Lipinski definition) is 1. The molecule has 0 bridgehead atoms. The Morgan fingerprint density at radius 1 is 1.33 bits per heavy atom. The number of carbonyl (C=O) groups is 1. The molecular weight excluding hydrogens is 327 g/mol. The van der Waals surface area contributed by atoms with Gasteiger partial charge in [-0.25, -0.2) is 4.79 Å². The minimum Gasteiger partial charge on any atom is -0.508 e. The number of aromatic hydroxyl groups is 1. The number of alkyl halides is 3. The van der Waals surface area contributed by atoms with Gasteiger partial charge >= 0.3 is 12.3 Å². The lowest BCUT2D eigenvalue weighted by Crippen LogP contribution is -2.45. The molecule has 1 N–H and O–H groups in total. The monoisotopic (exact) mass is 347 g/mol. The molecule has 1 saturated heterocycles. The van der Waals surface area contributed by atoms with Crippen molar-refractivity contribution >= 4 is 6.09 Å². The Labute approximate surface area is 138 Å². The van der Waals surface area contributed by atoms with Gasteiger partial charge < -0.3 is 14.6 Å². The van der Waals surface area contributed by atoms with Crippen molar-refractivity contribution in [2.45, 2.75) is 38.6 Å². The standard InChI is InChI=1S/C16H20F3NO4/c1-15(2,3)24-14(22)20-6-7-23-9-12(20)11-5-4-10(8-13(11)21)16(17,18)19/h4-5,8,12,21H,6-7,9H2,1-3H3. The first-order chi connectivity index (χ1) is 11.0. The quantitative estimate of drug-likeness (QED) is 0.841. The Bertz CT molecular complexity index is 610. The Balaban J connectivity index is 2.29. The van der Waals surface area contributed by atoms with Gasteiger partial charge in [-0.3, -0.25) is 4.90 Å². The molecule has 0 aliphatic carbocycles. The largest absolute Gasteiger partial charge is 0.508 e. The number of rotatable bonds is 1. The van der Waals surface area contributed by atoms with Gasteiger partial charge in [0.05, 0.1) is 24.8 Å². The van der Waals surface area contributed by atoms with Gasteiger partial charge in [-0.15, -0.1) is 0 Å². The van der Waals surface area contributed by atoms with Gasteiger partial charge in [-0.1, -0.05) is 6.07 Å². The fraction of sp³-hybridized carbons (Fsp3) is 0.562. The molecule has 1 aromatic rings. The van der Waals surface area contributed by atoms with Gasteiger partial charge in [0.2, 0.25) is 0 Å². The lowest BCUT2D eigenvalue weighted by Gasteiger charge is -2.37. The number of morpholine rings is 1. The van der Waals surface area contributed by atoms with Crippen molar-refractivity contribution in [2.24, 2.45) is 0 Å². The number of nitrogens with zero attached hydrogens (tertiary/aromatic N) is 1. The van der Waals surface area contributed by atoms with Crippen LogP contribution in [0.4, 0.5) is 18.0 Å². The van der Waals surface area contributed by atoms with Crippen molar-refractivity contribution < 1.29 is 32.5 Å².